The van der Waals surface area contributed by atoms with Crippen molar-refractivity contribution in [3.8, 4) is 0 Å². The van der Waals surface area contributed by atoms with Crippen LogP contribution >= 0.6 is 0 Å². The molecule has 0 bridgehead atoms. The van der Waals surface area contributed by atoms with Gasteiger partial charge in [-0.2, -0.15) is 0 Å². The Morgan fingerprint density at radius 1 is 1.31 bits per heavy atom. The molecule has 0 fully saturated rings. The van der Waals surface area contributed by atoms with Crippen LogP contribution < -0.4 is 0 Å². The molecule has 0 saturated carbocycles. The number of hydrogen-bond acceptors (Lipinski definition) is 5. The Kier molecular flexibility index (Phi) is 4.50. The van der Waals surface area contributed by atoms with Crippen LogP contribution in [0.4, 0.5) is 0 Å². The minimum Gasteiger partial charge on any atom is -0.481 e. The van der Waals surface area contributed by atoms with Gasteiger partial charge < -0.3 is 14.6 Å². The number of rotatable bonds is 4. The summed E-state index contributed by atoms with van der Waals surface area (Å²) in [5.41, 5.74) is 0. The number of carboxylic acids is 1. The lowest BCUT2D eigenvalue weighted by Gasteiger charge is -2.11. The third-order valence-electron chi connectivity index (χ3n) is 0.925. The molecule has 6 nitrogen and oxygen atoms in total. The molecule has 1 unspecified atom stereocenters. The molecule has 0 spiro atoms. The second-order valence-corrected chi connectivity index (χ2v) is 2.24. The summed E-state index contributed by atoms with van der Waals surface area (Å²) in [6.45, 7) is 2.47. The zero-order valence-electron chi connectivity index (χ0n) is 7.27. The summed E-state index contributed by atoms with van der Waals surface area (Å²) in [4.78, 5) is 31.0. The quantitative estimate of drug-likeness (QED) is 0.378. The van der Waals surface area contributed by atoms with Crippen LogP contribution in [0.25, 0.3) is 0 Å². The molecule has 1 atom stereocenters. The Labute approximate surface area is 74.4 Å². The lowest BCUT2D eigenvalue weighted by molar-refractivity contribution is -0.183. The predicted molar refractivity (Wildman–Crippen MR) is 39.6 cm³/mol. The van der Waals surface area contributed by atoms with Gasteiger partial charge in [0.2, 0.25) is 6.29 Å². The number of ether oxygens (including phenoxy) is 2. The Morgan fingerprint density at radius 3 is 2.23 bits per heavy atom. The van der Waals surface area contributed by atoms with Crippen molar-refractivity contribution in [3.63, 3.8) is 0 Å². The summed E-state index contributed by atoms with van der Waals surface area (Å²) in [6, 6.07) is 0. The topological polar surface area (TPSA) is 89.9 Å². The second-order valence-electron chi connectivity index (χ2n) is 2.24. The number of aliphatic carboxylic acids is 1. The van der Waals surface area contributed by atoms with Crippen LogP contribution in [0.3, 0.4) is 0 Å². The molecule has 1 N–H and O–H groups in total. The molecule has 0 aromatic carbocycles. The average Bonchev–Trinajstić information content (AvgIpc) is 1.80. The van der Waals surface area contributed by atoms with Crippen molar-refractivity contribution < 1.29 is 29.0 Å². The fourth-order valence-corrected chi connectivity index (χ4v) is 0.608. The molecule has 0 saturated heterocycles. The first-order chi connectivity index (χ1) is 5.91. The normalized spacial score (nSPS) is 11.5. The summed E-state index contributed by atoms with van der Waals surface area (Å²) in [5.74, 6) is -2.84. The maximum absolute atomic E-state index is 10.7. The van der Waals surface area contributed by atoms with E-state index < -0.39 is 30.6 Å². The lowest BCUT2D eigenvalue weighted by Crippen LogP contribution is -2.21. The van der Waals surface area contributed by atoms with Gasteiger partial charge in [0.25, 0.3) is 0 Å². The van der Waals surface area contributed by atoms with Gasteiger partial charge in [-0.05, 0) is 0 Å². The van der Waals surface area contributed by atoms with Crippen LogP contribution in [-0.2, 0) is 23.9 Å². The number of carbonyl (C=O) groups is 3. The van der Waals surface area contributed by atoms with E-state index in [1.807, 2.05) is 0 Å². The number of hydrogen-bond donors (Lipinski definition) is 1. The summed E-state index contributed by atoms with van der Waals surface area (Å²) < 4.78 is 8.84. The van der Waals surface area contributed by atoms with Gasteiger partial charge in [0.05, 0.1) is 0 Å². The van der Waals surface area contributed by atoms with Gasteiger partial charge in [0.15, 0.2) is 0 Å². The summed E-state index contributed by atoms with van der Waals surface area (Å²) in [6.07, 6.45) is -1.80. The van der Waals surface area contributed by atoms with Crippen LogP contribution in [0, 0.1) is 0 Å². The number of esters is 2. The average molecular weight is 190 g/mol. The molecule has 0 heterocycles. The van der Waals surface area contributed by atoms with E-state index in [2.05, 4.69) is 9.47 Å². The van der Waals surface area contributed by atoms with Crippen molar-refractivity contribution in [3.05, 3.63) is 0 Å². The molecule has 0 rings (SSSR count). The van der Waals surface area contributed by atoms with Crippen LogP contribution in [0.1, 0.15) is 20.3 Å². The van der Waals surface area contributed by atoms with E-state index >= 15 is 0 Å². The van der Waals surface area contributed by atoms with Gasteiger partial charge in [0, 0.05) is 13.8 Å². The van der Waals surface area contributed by atoms with Crippen molar-refractivity contribution in [2.24, 2.45) is 0 Å². The van der Waals surface area contributed by atoms with Crippen molar-refractivity contribution in [2.75, 3.05) is 0 Å². The molecule has 0 aliphatic heterocycles. The van der Waals surface area contributed by atoms with E-state index in [4.69, 9.17) is 5.11 Å². The molecule has 13 heavy (non-hydrogen) atoms. The molecule has 0 aromatic heterocycles. The largest absolute Gasteiger partial charge is 0.481 e. The van der Waals surface area contributed by atoms with E-state index in [0.29, 0.717) is 0 Å². The maximum atomic E-state index is 10.7. The molecule has 74 valence electrons. The second kappa shape index (κ2) is 5.13. The molecule has 6 heteroatoms. The highest BCUT2D eigenvalue weighted by molar-refractivity contribution is 5.90. The van der Waals surface area contributed by atoms with Crippen LogP contribution in [0.5, 0.6) is 0 Å². The zero-order chi connectivity index (χ0) is 10.4. The summed E-state index contributed by atoms with van der Waals surface area (Å²) in [7, 11) is 0. The number of carbonyl (C=O) groups excluding carboxylic acids is 2. The van der Waals surface area contributed by atoms with Crippen LogP contribution in [0.15, 0.2) is 0 Å². The summed E-state index contributed by atoms with van der Waals surface area (Å²) >= 11 is 0. The van der Waals surface area contributed by atoms with Gasteiger partial charge in [-0.25, -0.2) is 0 Å². The molecule has 0 aliphatic rings. The molecule has 0 aliphatic carbocycles. The van der Waals surface area contributed by atoms with E-state index in [1.54, 1.807) is 0 Å². The lowest BCUT2D eigenvalue weighted by atomic mass is 10.4. The first kappa shape index (κ1) is 11.4. The van der Waals surface area contributed by atoms with Crippen LogP contribution in [-0.4, -0.2) is 29.3 Å². The fraction of sp³-hybridized carbons (Fsp3) is 0.571. The van der Waals surface area contributed by atoms with E-state index in [0.717, 1.165) is 6.92 Å². The first-order valence-electron chi connectivity index (χ1n) is 3.50. The van der Waals surface area contributed by atoms with Crippen molar-refractivity contribution in [2.45, 2.75) is 26.6 Å². The molecular weight excluding hydrogens is 180 g/mol. The predicted octanol–water partition coefficient (Wildman–Crippen LogP) is -0.0866. The number of carboxylic acid groups (broad SMARTS) is 1. The Bertz CT molecular complexity index is 221. The maximum Gasteiger partial charge on any atom is 0.320 e. The fourth-order valence-electron chi connectivity index (χ4n) is 0.608. The Morgan fingerprint density at radius 2 is 1.85 bits per heavy atom. The minimum absolute atomic E-state index is 0.601. The highest BCUT2D eigenvalue weighted by Gasteiger charge is 2.14. The standard InChI is InChI=1S/C7H10O6/c1-4(8)12-5(2)13-7(11)3-6(9)10/h5H,3H2,1-2H3,(H,9,10). The zero-order valence-corrected chi connectivity index (χ0v) is 7.27. The van der Waals surface area contributed by atoms with Gasteiger partial charge in [0.1, 0.15) is 6.42 Å². The van der Waals surface area contributed by atoms with Crippen molar-refractivity contribution >= 4 is 17.9 Å². The third-order valence-corrected chi connectivity index (χ3v) is 0.925. The Hall–Kier alpha value is -1.59. The van der Waals surface area contributed by atoms with E-state index in [9.17, 15) is 14.4 Å². The Balaban J connectivity index is 3.78. The van der Waals surface area contributed by atoms with Gasteiger partial charge >= 0.3 is 17.9 Å². The smallest absolute Gasteiger partial charge is 0.320 e. The molecular formula is C7H10O6. The molecule has 0 aromatic rings. The monoisotopic (exact) mass is 190 g/mol. The molecule has 0 amide bonds. The van der Waals surface area contributed by atoms with Gasteiger partial charge in [-0.1, -0.05) is 0 Å². The van der Waals surface area contributed by atoms with Crippen molar-refractivity contribution in [1.29, 1.82) is 0 Å². The van der Waals surface area contributed by atoms with E-state index in [-0.39, 0.29) is 0 Å². The first-order valence-corrected chi connectivity index (χ1v) is 3.50. The van der Waals surface area contributed by atoms with Crippen molar-refractivity contribution in [1.82, 2.24) is 0 Å². The minimum atomic E-state index is -1.29. The van der Waals surface area contributed by atoms with Crippen LogP contribution in [0.2, 0.25) is 0 Å². The third kappa shape index (κ3) is 6.79. The highest BCUT2D eigenvalue weighted by atomic mass is 16.7. The molecule has 0 radical (unpaired) electrons. The van der Waals surface area contributed by atoms with Gasteiger partial charge in [-0.15, -0.1) is 0 Å². The van der Waals surface area contributed by atoms with E-state index in [1.165, 1.54) is 6.92 Å². The SMILES string of the molecule is CC(=O)OC(C)OC(=O)CC(=O)O. The summed E-state index contributed by atoms with van der Waals surface area (Å²) in [5, 5.41) is 8.17. The van der Waals surface area contributed by atoms with Gasteiger partial charge in [-0.3, -0.25) is 14.4 Å². The highest BCUT2D eigenvalue weighted by Crippen LogP contribution is 1.97.